The first-order chi connectivity index (χ1) is 7.68. The smallest absolute Gasteiger partial charge is 0.0458 e. The van der Waals surface area contributed by atoms with E-state index in [2.05, 4.69) is 11.4 Å². The third kappa shape index (κ3) is 2.22. The monoisotopic (exact) mass is 257 g/mol. The molecule has 1 nitrogen and oxygen atoms in total. The summed E-state index contributed by atoms with van der Waals surface area (Å²) in [7, 11) is 2.00. The van der Waals surface area contributed by atoms with Crippen molar-refractivity contribution >= 4 is 23.2 Å². The molecular formula is C13H17Cl2N. The fourth-order valence-corrected chi connectivity index (χ4v) is 3.46. The Bertz CT molecular complexity index is 370. The number of rotatable bonds is 3. The van der Waals surface area contributed by atoms with E-state index in [1.54, 1.807) is 0 Å². The Morgan fingerprint density at radius 2 is 1.94 bits per heavy atom. The Morgan fingerprint density at radius 3 is 2.50 bits per heavy atom. The highest BCUT2D eigenvalue weighted by molar-refractivity contribution is 6.35. The maximum atomic E-state index is 6.32. The summed E-state index contributed by atoms with van der Waals surface area (Å²) in [5.41, 5.74) is 1.47. The molecule has 16 heavy (non-hydrogen) atoms. The third-order valence-electron chi connectivity index (χ3n) is 3.58. The molecule has 0 radical (unpaired) electrons. The zero-order valence-corrected chi connectivity index (χ0v) is 11.0. The van der Waals surface area contributed by atoms with E-state index in [4.69, 9.17) is 23.2 Å². The summed E-state index contributed by atoms with van der Waals surface area (Å²) in [6, 6.07) is 5.89. The van der Waals surface area contributed by atoms with Gasteiger partial charge in [-0.3, -0.25) is 0 Å². The largest absolute Gasteiger partial charge is 0.319 e. The van der Waals surface area contributed by atoms with Crippen molar-refractivity contribution in [2.24, 2.45) is 0 Å². The Hall–Kier alpha value is -0.240. The maximum absolute atomic E-state index is 6.32. The van der Waals surface area contributed by atoms with Crippen molar-refractivity contribution in [1.29, 1.82) is 0 Å². The van der Waals surface area contributed by atoms with Crippen molar-refractivity contribution < 1.29 is 0 Å². The van der Waals surface area contributed by atoms with Crippen molar-refractivity contribution in [3.63, 3.8) is 0 Å². The van der Waals surface area contributed by atoms with E-state index < -0.39 is 0 Å². The van der Waals surface area contributed by atoms with Crippen LogP contribution in [-0.4, -0.2) is 13.6 Å². The quantitative estimate of drug-likeness (QED) is 0.863. The number of nitrogens with one attached hydrogen (secondary N) is 1. The second-order valence-corrected chi connectivity index (χ2v) is 5.49. The summed E-state index contributed by atoms with van der Waals surface area (Å²) in [6.07, 6.45) is 5.02. The summed E-state index contributed by atoms with van der Waals surface area (Å²) < 4.78 is 0. The lowest BCUT2D eigenvalue weighted by molar-refractivity contribution is 0.421. The highest BCUT2D eigenvalue weighted by Gasteiger charge is 2.36. The zero-order chi connectivity index (χ0) is 11.6. The van der Waals surface area contributed by atoms with Crippen molar-refractivity contribution in [3.05, 3.63) is 33.8 Å². The molecule has 0 saturated heterocycles. The van der Waals surface area contributed by atoms with E-state index in [9.17, 15) is 0 Å². The van der Waals surface area contributed by atoms with Gasteiger partial charge < -0.3 is 5.32 Å². The van der Waals surface area contributed by atoms with Gasteiger partial charge in [0.2, 0.25) is 0 Å². The van der Waals surface area contributed by atoms with Gasteiger partial charge in [-0.1, -0.05) is 42.1 Å². The molecular weight excluding hydrogens is 241 g/mol. The Balaban J connectivity index is 2.38. The number of likely N-dealkylation sites (N-methyl/N-ethyl adjacent to an activating group) is 1. The summed E-state index contributed by atoms with van der Waals surface area (Å²) >= 11 is 12.3. The third-order valence-corrected chi connectivity index (χ3v) is 4.13. The minimum absolute atomic E-state index is 0.219. The summed E-state index contributed by atoms with van der Waals surface area (Å²) in [6.45, 7) is 0.994. The van der Waals surface area contributed by atoms with Gasteiger partial charge in [-0.25, -0.2) is 0 Å². The second-order valence-electron chi connectivity index (χ2n) is 4.64. The first kappa shape index (κ1) is 12.2. The van der Waals surface area contributed by atoms with Gasteiger partial charge >= 0.3 is 0 Å². The van der Waals surface area contributed by atoms with E-state index >= 15 is 0 Å². The van der Waals surface area contributed by atoms with Gasteiger partial charge in [-0.05, 0) is 37.6 Å². The minimum Gasteiger partial charge on any atom is -0.319 e. The van der Waals surface area contributed by atoms with Crippen LogP contribution in [0.15, 0.2) is 18.2 Å². The SMILES string of the molecule is CNCC1(c2ccc(Cl)cc2Cl)CCCC1. The Morgan fingerprint density at radius 1 is 1.25 bits per heavy atom. The summed E-state index contributed by atoms with van der Waals surface area (Å²) in [5, 5.41) is 4.82. The molecule has 1 aromatic rings. The first-order valence-corrected chi connectivity index (χ1v) is 6.54. The number of hydrogen-bond donors (Lipinski definition) is 1. The van der Waals surface area contributed by atoms with Crippen molar-refractivity contribution in [2.75, 3.05) is 13.6 Å². The van der Waals surface area contributed by atoms with E-state index in [1.165, 1.54) is 31.2 Å². The van der Waals surface area contributed by atoms with Gasteiger partial charge in [-0.2, -0.15) is 0 Å². The molecule has 0 amide bonds. The fourth-order valence-electron chi connectivity index (χ4n) is 2.85. The topological polar surface area (TPSA) is 12.0 Å². The summed E-state index contributed by atoms with van der Waals surface area (Å²) in [4.78, 5) is 0. The predicted octanol–water partition coefficient (Wildman–Crippen LogP) is 4.02. The standard InChI is InChI=1S/C13H17Cl2N/c1-16-9-13(6-2-3-7-13)11-5-4-10(14)8-12(11)15/h4-5,8,16H,2-3,6-7,9H2,1H3. The van der Waals surface area contributed by atoms with Crippen LogP contribution in [0.25, 0.3) is 0 Å². The molecule has 0 aliphatic heterocycles. The highest BCUT2D eigenvalue weighted by atomic mass is 35.5. The summed E-state index contributed by atoms with van der Waals surface area (Å²) in [5.74, 6) is 0. The lowest BCUT2D eigenvalue weighted by Gasteiger charge is -2.30. The number of benzene rings is 1. The molecule has 1 fully saturated rings. The average Bonchev–Trinajstić information content (AvgIpc) is 2.67. The maximum Gasteiger partial charge on any atom is 0.0458 e. The van der Waals surface area contributed by atoms with Gasteiger partial charge in [0.05, 0.1) is 0 Å². The number of halogens is 2. The normalized spacial score (nSPS) is 18.9. The molecule has 1 N–H and O–H groups in total. The molecule has 1 aliphatic carbocycles. The van der Waals surface area contributed by atoms with Gasteiger partial charge in [-0.15, -0.1) is 0 Å². The first-order valence-electron chi connectivity index (χ1n) is 5.78. The molecule has 0 bridgehead atoms. The second kappa shape index (κ2) is 4.95. The van der Waals surface area contributed by atoms with Gasteiger partial charge in [0.1, 0.15) is 0 Å². The zero-order valence-electron chi connectivity index (χ0n) is 9.52. The molecule has 1 saturated carbocycles. The van der Waals surface area contributed by atoms with Crippen LogP contribution < -0.4 is 5.32 Å². The molecule has 0 spiro atoms. The molecule has 0 heterocycles. The lowest BCUT2D eigenvalue weighted by Crippen LogP contribution is -2.34. The van der Waals surface area contributed by atoms with Crippen LogP contribution in [-0.2, 0) is 5.41 Å². The van der Waals surface area contributed by atoms with E-state index in [0.717, 1.165) is 11.6 Å². The van der Waals surface area contributed by atoms with Gasteiger partial charge in [0.25, 0.3) is 0 Å². The molecule has 0 unspecified atom stereocenters. The van der Waals surface area contributed by atoms with E-state index in [1.807, 2.05) is 19.2 Å². The van der Waals surface area contributed by atoms with Crippen LogP contribution in [0, 0.1) is 0 Å². The predicted molar refractivity (Wildman–Crippen MR) is 70.5 cm³/mol. The lowest BCUT2D eigenvalue weighted by atomic mass is 9.79. The van der Waals surface area contributed by atoms with Crippen LogP contribution in [0.1, 0.15) is 31.2 Å². The van der Waals surface area contributed by atoms with E-state index in [0.29, 0.717) is 5.02 Å². The molecule has 0 atom stereocenters. The molecule has 3 heteroatoms. The van der Waals surface area contributed by atoms with Gasteiger partial charge in [0, 0.05) is 22.0 Å². The van der Waals surface area contributed by atoms with Crippen molar-refractivity contribution in [2.45, 2.75) is 31.1 Å². The minimum atomic E-state index is 0.219. The molecule has 88 valence electrons. The van der Waals surface area contributed by atoms with Crippen LogP contribution in [0.4, 0.5) is 0 Å². The van der Waals surface area contributed by atoms with Crippen LogP contribution in [0.5, 0.6) is 0 Å². The molecule has 0 aromatic heterocycles. The fraction of sp³-hybridized carbons (Fsp3) is 0.538. The van der Waals surface area contributed by atoms with Crippen LogP contribution >= 0.6 is 23.2 Å². The molecule has 2 rings (SSSR count). The molecule has 1 aliphatic rings. The number of hydrogen-bond acceptors (Lipinski definition) is 1. The van der Waals surface area contributed by atoms with E-state index in [-0.39, 0.29) is 5.41 Å². The average molecular weight is 258 g/mol. The van der Waals surface area contributed by atoms with Crippen LogP contribution in [0.3, 0.4) is 0 Å². The van der Waals surface area contributed by atoms with Gasteiger partial charge in [0.15, 0.2) is 0 Å². The van der Waals surface area contributed by atoms with Crippen molar-refractivity contribution in [1.82, 2.24) is 5.32 Å². The Kier molecular flexibility index (Phi) is 3.78. The highest BCUT2D eigenvalue weighted by Crippen LogP contribution is 2.43. The van der Waals surface area contributed by atoms with Crippen LogP contribution in [0.2, 0.25) is 10.0 Å². The van der Waals surface area contributed by atoms with Crippen molar-refractivity contribution in [3.8, 4) is 0 Å². The molecule has 1 aromatic carbocycles. The Labute approximate surface area is 107 Å².